The summed E-state index contributed by atoms with van der Waals surface area (Å²) >= 11 is 0. The van der Waals surface area contributed by atoms with Crippen LogP contribution in [0.15, 0.2) is 72.4 Å². The second-order valence-electron chi connectivity index (χ2n) is 7.38. The summed E-state index contributed by atoms with van der Waals surface area (Å²) in [5.74, 6) is -0.102. The Morgan fingerprint density at radius 1 is 1.07 bits per heavy atom. The fourth-order valence-corrected chi connectivity index (χ4v) is 2.50. The Kier molecular flexibility index (Phi) is 13.4. The van der Waals surface area contributed by atoms with Gasteiger partial charge in [0.15, 0.2) is 5.78 Å². The monoisotopic (exact) mass is 384 g/mol. The number of carbonyl (C=O) groups excluding carboxylic acids is 2. The summed E-state index contributed by atoms with van der Waals surface area (Å²) in [6, 6.07) is 0. The number of Topliss-reactive ketones (excluding diaryl/α,β-unsaturated/α-hetero) is 1. The summed E-state index contributed by atoms with van der Waals surface area (Å²) in [5, 5.41) is 0. The van der Waals surface area contributed by atoms with Crippen LogP contribution in [0.3, 0.4) is 0 Å². The molecule has 0 bridgehead atoms. The van der Waals surface area contributed by atoms with Gasteiger partial charge in [-0.1, -0.05) is 75.1 Å². The fourth-order valence-electron chi connectivity index (χ4n) is 2.50. The van der Waals surface area contributed by atoms with E-state index in [0.717, 1.165) is 17.6 Å². The maximum Gasteiger partial charge on any atom is 0.306 e. The van der Waals surface area contributed by atoms with E-state index in [-0.39, 0.29) is 30.5 Å². The first-order valence-electron chi connectivity index (χ1n) is 9.86. The maximum absolute atomic E-state index is 12.8. The van der Waals surface area contributed by atoms with Crippen LogP contribution >= 0.6 is 0 Å². The number of hydrogen-bond acceptors (Lipinski definition) is 3. The first-order chi connectivity index (χ1) is 13.2. The quantitative estimate of drug-likeness (QED) is 0.212. The topological polar surface area (TPSA) is 43.4 Å². The Morgan fingerprint density at radius 3 is 2.25 bits per heavy atom. The van der Waals surface area contributed by atoms with Crippen molar-refractivity contribution in [2.45, 2.75) is 53.9 Å². The van der Waals surface area contributed by atoms with E-state index in [1.807, 2.05) is 45.1 Å². The number of ether oxygens (including phenoxy) is 1. The van der Waals surface area contributed by atoms with Gasteiger partial charge in [-0.05, 0) is 38.7 Å². The van der Waals surface area contributed by atoms with Gasteiger partial charge in [0, 0.05) is 17.9 Å². The standard InChI is InChI=1S/C25H36O3/c1-8-11-12-21(9-2)23(18-25(27)28-16-15-20(6)7)17-24(26)22(10-3)14-13-19(4)5/h8-14,20,23H,1,3,15-18H2,2,4-7H3/b12-11-,21-9+,22-14+. The molecule has 0 radical (unpaired) electrons. The molecule has 154 valence electrons. The Morgan fingerprint density at radius 2 is 1.75 bits per heavy atom. The van der Waals surface area contributed by atoms with Crippen LogP contribution in [0.5, 0.6) is 0 Å². The minimum atomic E-state index is -0.279. The van der Waals surface area contributed by atoms with Crippen LogP contribution in [-0.4, -0.2) is 18.4 Å². The van der Waals surface area contributed by atoms with Crippen LogP contribution in [0.2, 0.25) is 0 Å². The summed E-state index contributed by atoms with van der Waals surface area (Å²) in [5.41, 5.74) is 2.56. The zero-order valence-electron chi connectivity index (χ0n) is 18.2. The van der Waals surface area contributed by atoms with Crippen LogP contribution in [0.25, 0.3) is 0 Å². The van der Waals surface area contributed by atoms with Gasteiger partial charge in [0.05, 0.1) is 13.0 Å². The highest BCUT2D eigenvalue weighted by Gasteiger charge is 2.22. The predicted molar refractivity (Wildman–Crippen MR) is 119 cm³/mol. The second-order valence-corrected chi connectivity index (χ2v) is 7.38. The first kappa shape index (κ1) is 25.6. The van der Waals surface area contributed by atoms with Gasteiger partial charge in [-0.15, -0.1) is 0 Å². The Labute approximate surface area is 171 Å². The highest BCUT2D eigenvalue weighted by Crippen LogP contribution is 2.24. The van der Waals surface area contributed by atoms with Crippen LogP contribution in [0, 0.1) is 11.8 Å². The van der Waals surface area contributed by atoms with E-state index in [4.69, 9.17) is 4.74 Å². The number of hydrogen-bond donors (Lipinski definition) is 0. The molecule has 1 unspecified atom stereocenters. The van der Waals surface area contributed by atoms with Crippen molar-refractivity contribution in [2.24, 2.45) is 11.8 Å². The zero-order valence-corrected chi connectivity index (χ0v) is 18.2. The van der Waals surface area contributed by atoms with Gasteiger partial charge in [-0.3, -0.25) is 9.59 Å². The molecule has 0 N–H and O–H groups in total. The number of rotatable bonds is 13. The van der Waals surface area contributed by atoms with Crippen molar-refractivity contribution in [2.75, 3.05) is 6.61 Å². The summed E-state index contributed by atoms with van der Waals surface area (Å²) in [6.07, 6.45) is 13.7. The van der Waals surface area contributed by atoms with Gasteiger partial charge >= 0.3 is 5.97 Å². The van der Waals surface area contributed by atoms with Gasteiger partial charge in [0.25, 0.3) is 0 Å². The highest BCUT2D eigenvalue weighted by molar-refractivity contribution is 5.98. The third-order valence-electron chi connectivity index (χ3n) is 4.17. The lowest BCUT2D eigenvalue weighted by Gasteiger charge is -2.18. The number of ketones is 1. The molecule has 0 amide bonds. The van der Waals surface area contributed by atoms with Crippen LogP contribution < -0.4 is 0 Å². The Bertz CT molecular complexity index is 653. The molecule has 0 heterocycles. The molecular weight excluding hydrogens is 348 g/mol. The van der Waals surface area contributed by atoms with Crippen LogP contribution in [0.1, 0.15) is 53.9 Å². The third-order valence-corrected chi connectivity index (χ3v) is 4.17. The molecule has 3 nitrogen and oxygen atoms in total. The van der Waals surface area contributed by atoms with E-state index in [1.165, 1.54) is 0 Å². The molecular formula is C25H36O3. The van der Waals surface area contributed by atoms with Gasteiger partial charge in [0.1, 0.15) is 0 Å². The molecule has 0 spiro atoms. The van der Waals surface area contributed by atoms with E-state index < -0.39 is 0 Å². The van der Waals surface area contributed by atoms with Crippen molar-refractivity contribution in [3.8, 4) is 0 Å². The van der Waals surface area contributed by atoms with E-state index in [9.17, 15) is 9.59 Å². The summed E-state index contributed by atoms with van der Waals surface area (Å²) in [6.45, 7) is 17.8. The zero-order chi connectivity index (χ0) is 21.5. The lowest BCUT2D eigenvalue weighted by atomic mass is 9.88. The van der Waals surface area contributed by atoms with Crippen LogP contribution in [-0.2, 0) is 14.3 Å². The van der Waals surface area contributed by atoms with Crippen molar-refractivity contribution in [3.63, 3.8) is 0 Å². The van der Waals surface area contributed by atoms with Crippen molar-refractivity contribution in [1.82, 2.24) is 0 Å². The fraction of sp³-hybridized carbons (Fsp3) is 0.440. The molecule has 0 aromatic rings. The molecule has 3 heteroatoms. The van der Waals surface area contributed by atoms with Crippen molar-refractivity contribution in [1.29, 1.82) is 0 Å². The van der Waals surface area contributed by atoms with E-state index in [0.29, 0.717) is 18.1 Å². The van der Waals surface area contributed by atoms with Crippen LogP contribution in [0.4, 0.5) is 0 Å². The molecule has 0 aromatic carbocycles. The largest absolute Gasteiger partial charge is 0.466 e. The molecule has 0 saturated carbocycles. The van der Waals surface area contributed by atoms with Crippen molar-refractivity contribution >= 4 is 11.8 Å². The minimum absolute atomic E-state index is 0.0427. The molecule has 0 rings (SSSR count). The summed E-state index contributed by atoms with van der Waals surface area (Å²) in [4.78, 5) is 25.1. The molecule has 0 aromatic heterocycles. The van der Waals surface area contributed by atoms with E-state index >= 15 is 0 Å². The average molecular weight is 385 g/mol. The van der Waals surface area contributed by atoms with E-state index in [1.54, 1.807) is 18.2 Å². The molecule has 0 aliphatic rings. The summed E-state index contributed by atoms with van der Waals surface area (Å²) < 4.78 is 5.36. The lowest BCUT2D eigenvalue weighted by Crippen LogP contribution is -2.18. The Balaban J connectivity index is 5.40. The van der Waals surface area contributed by atoms with Crippen molar-refractivity contribution < 1.29 is 14.3 Å². The normalized spacial score (nSPS) is 13.4. The van der Waals surface area contributed by atoms with Gasteiger partial charge in [-0.2, -0.15) is 0 Å². The van der Waals surface area contributed by atoms with Gasteiger partial charge in [-0.25, -0.2) is 0 Å². The SMILES string of the molecule is C=C/C=C\C(=C/C)C(CC(=O)OCCC(C)C)CC(=O)/C(C=C)=C/C=C(C)C. The average Bonchev–Trinajstić information content (AvgIpc) is 2.62. The number of allylic oxidation sites excluding steroid dienone is 10. The Hall–Kier alpha value is -2.42. The maximum atomic E-state index is 12.8. The smallest absolute Gasteiger partial charge is 0.306 e. The second kappa shape index (κ2) is 14.6. The molecule has 0 saturated heterocycles. The molecule has 1 atom stereocenters. The molecule has 0 aliphatic heterocycles. The first-order valence-corrected chi connectivity index (χ1v) is 9.86. The predicted octanol–water partition coefficient (Wildman–Crippen LogP) is 6.31. The molecule has 28 heavy (non-hydrogen) atoms. The third kappa shape index (κ3) is 11.3. The molecule has 0 fully saturated rings. The molecule has 0 aliphatic carbocycles. The van der Waals surface area contributed by atoms with E-state index in [2.05, 4.69) is 27.0 Å². The van der Waals surface area contributed by atoms with Crippen molar-refractivity contribution in [3.05, 3.63) is 72.4 Å². The summed E-state index contributed by atoms with van der Waals surface area (Å²) in [7, 11) is 0. The van der Waals surface area contributed by atoms with Gasteiger partial charge < -0.3 is 4.74 Å². The number of carbonyl (C=O) groups is 2. The number of esters is 1. The minimum Gasteiger partial charge on any atom is -0.466 e. The van der Waals surface area contributed by atoms with Gasteiger partial charge in [0.2, 0.25) is 0 Å². The lowest BCUT2D eigenvalue weighted by molar-refractivity contribution is -0.144. The highest BCUT2D eigenvalue weighted by atomic mass is 16.5.